The molecule has 88 valence electrons. The molecule has 0 bridgehead atoms. The van der Waals surface area contributed by atoms with Gasteiger partial charge in [-0.2, -0.15) is 0 Å². The molecule has 1 fully saturated rings. The maximum Gasteiger partial charge on any atom is 0.222 e. The molecule has 1 heterocycles. The molecule has 4 nitrogen and oxygen atoms in total. The Balaban J connectivity index is 1.80. The second-order valence-corrected chi connectivity index (χ2v) is 4.61. The van der Waals surface area contributed by atoms with Crippen molar-refractivity contribution in [2.45, 2.75) is 26.2 Å². The molecule has 0 amide bonds. The Bertz CT molecular complexity index is 326. The highest BCUT2D eigenvalue weighted by molar-refractivity contribution is 5.26. The minimum Gasteiger partial charge on any atom is -0.494 e. The van der Waals surface area contributed by atoms with Crippen molar-refractivity contribution in [3.05, 3.63) is 12.4 Å². The summed E-state index contributed by atoms with van der Waals surface area (Å²) < 4.78 is 5.01. The van der Waals surface area contributed by atoms with E-state index in [4.69, 9.17) is 4.74 Å². The van der Waals surface area contributed by atoms with Gasteiger partial charge in [-0.3, -0.25) is 0 Å². The maximum absolute atomic E-state index is 5.01. The van der Waals surface area contributed by atoms with E-state index in [9.17, 15) is 0 Å². The summed E-state index contributed by atoms with van der Waals surface area (Å²) in [6.07, 6.45) is 7.38. The summed E-state index contributed by atoms with van der Waals surface area (Å²) in [7, 11) is 1.62. The van der Waals surface area contributed by atoms with E-state index < -0.39 is 0 Å². The van der Waals surface area contributed by atoms with Crippen LogP contribution < -0.4 is 10.1 Å². The summed E-state index contributed by atoms with van der Waals surface area (Å²) in [4.78, 5) is 8.36. The third-order valence-corrected chi connectivity index (χ3v) is 3.22. The number of methoxy groups -OCH3 is 1. The second-order valence-electron chi connectivity index (χ2n) is 4.61. The van der Waals surface area contributed by atoms with Gasteiger partial charge in [0.05, 0.1) is 19.5 Å². The average molecular weight is 221 g/mol. The minimum absolute atomic E-state index is 0.694. The van der Waals surface area contributed by atoms with Gasteiger partial charge in [-0.1, -0.05) is 13.3 Å². The zero-order valence-electron chi connectivity index (χ0n) is 9.94. The molecule has 16 heavy (non-hydrogen) atoms. The number of ether oxygens (including phenoxy) is 1. The molecule has 1 saturated carbocycles. The topological polar surface area (TPSA) is 47.0 Å². The third-order valence-electron chi connectivity index (χ3n) is 3.22. The van der Waals surface area contributed by atoms with Gasteiger partial charge >= 0.3 is 0 Å². The highest BCUT2D eigenvalue weighted by Crippen LogP contribution is 2.30. The van der Waals surface area contributed by atoms with Crippen molar-refractivity contribution < 1.29 is 4.74 Å². The van der Waals surface area contributed by atoms with Crippen LogP contribution in [0.4, 0.5) is 5.95 Å². The van der Waals surface area contributed by atoms with Crippen LogP contribution in [-0.4, -0.2) is 23.6 Å². The van der Waals surface area contributed by atoms with E-state index in [1.807, 2.05) is 0 Å². The summed E-state index contributed by atoms with van der Waals surface area (Å²) in [5.41, 5.74) is 0. The summed E-state index contributed by atoms with van der Waals surface area (Å²) in [5.74, 6) is 3.05. The molecule has 0 spiro atoms. The molecule has 1 aliphatic carbocycles. The van der Waals surface area contributed by atoms with Gasteiger partial charge < -0.3 is 10.1 Å². The molecular weight excluding hydrogens is 202 g/mol. The highest BCUT2D eigenvalue weighted by Gasteiger charge is 2.20. The molecule has 1 aliphatic rings. The van der Waals surface area contributed by atoms with E-state index in [1.54, 1.807) is 19.5 Å². The number of rotatable bonds is 4. The monoisotopic (exact) mass is 221 g/mol. The van der Waals surface area contributed by atoms with Gasteiger partial charge in [0.2, 0.25) is 5.95 Å². The fraction of sp³-hybridized carbons (Fsp3) is 0.667. The number of nitrogens with one attached hydrogen (secondary N) is 1. The molecule has 1 aromatic rings. The quantitative estimate of drug-likeness (QED) is 0.847. The lowest BCUT2D eigenvalue weighted by atomic mass is 10.1. The second kappa shape index (κ2) is 5.14. The predicted octanol–water partition coefficient (Wildman–Crippen LogP) is 2.33. The standard InChI is InChI=1S/C12H19N3O/c1-9-3-4-10(5-9)6-13-12-14-7-11(16-2)8-15-12/h7-10H,3-6H2,1-2H3,(H,13,14,15). The molecule has 4 heteroatoms. The number of hydrogen-bond acceptors (Lipinski definition) is 4. The fourth-order valence-corrected chi connectivity index (χ4v) is 2.26. The van der Waals surface area contributed by atoms with Gasteiger partial charge in [-0.25, -0.2) is 9.97 Å². The molecule has 2 unspecified atom stereocenters. The zero-order valence-corrected chi connectivity index (χ0v) is 9.94. The first-order valence-corrected chi connectivity index (χ1v) is 5.88. The highest BCUT2D eigenvalue weighted by atomic mass is 16.5. The van der Waals surface area contributed by atoms with Crippen molar-refractivity contribution in [3.8, 4) is 5.75 Å². The minimum atomic E-state index is 0.694. The van der Waals surface area contributed by atoms with Gasteiger partial charge in [-0.05, 0) is 24.7 Å². The van der Waals surface area contributed by atoms with Crippen molar-refractivity contribution in [2.75, 3.05) is 19.0 Å². The van der Waals surface area contributed by atoms with Crippen LogP contribution in [0, 0.1) is 11.8 Å². The lowest BCUT2D eigenvalue weighted by molar-refractivity contribution is 0.411. The summed E-state index contributed by atoms with van der Waals surface area (Å²) in [5, 5.41) is 3.28. The Labute approximate surface area is 96.4 Å². The van der Waals surface area contributed by atoms with Crippen molar-refractivity contribution in [1.29, 1.82) is 0 Å². The van der Waals surface area contributed by atoms with E-state index in [0.29, 0.717) is 11.7 Å². The van der Waals surface area contributed by atoms with Crippen LogP contribution in [0.15, 0.2) is 12.4 Å². The summed E-state index contributed by atoms with van der Waals surface area (Å²) >= 11 is 0. The van der Waals surface area contributed by atoms with Crippen LogP contribution in [0.25, 0.3) is 0 Å². The summed E-state index contributed by atoms with van der Waals surface area (Å²) in [6.45, 7) is 3.31. The average Bonchev–Trinajstić information content (AvgIpc) is 2.73. The van der Waals surface area contributed by atoms with Gasteiger partial charge in [0, 0.05) is 6.54 Å². The molecule has 0 radical (unpaired) electrons. The van der Waals surface area contributed by atoms with Crippen molar-refractivity contribution in [3.63, 3.8) is 0 Å². The van der Waals surface area contributed by atoms with Crippen LogP contribution in [0.3, 0.4) is 0 Å². The maximum atomic E-state index is 5.01. The van der Waals surface area contributed by atoms with Crippen LogP contribution in [0.1, 0.15) is 26.2 Å². The van der Waals surface area contributed by atoms with Crippen LogP contribution >= 0.6 is 0 Å². The first-order valence-electron chi connectivity index (χ1n) is 5.88. The lowest BCUT2D eigenvalue weighted by Crippen LogP contribution is -2.13. The largest absolute Gasteiger partial charge is 0.494 e. The Morgan fingerprint density at radius 2 is 2.12 bits per heavy atom. The van der Waals surface area contributed by atoms with E-state index in [-0.39, 0.29) is 0 Å². The van der Waals surface area contributed by atoms with Gasteiger partial charge in [-0.15, -0.1) is 0 Å². The van der Waals surface area contributed by atoms with E-state index >= 15 is 0 Å². The van der Waals surface area contributed by atoms with Crippen molar-refractivity contribution >= 4 is 5.95 Å². The molecule has 0 aromatic carbocycles. The number of aromatic nitrogens is 2. The molecular formula is C12H19N3O. The normalized spacial score (nSPS) is 24.4. The molecule has 0 saturated heterocycles. The number of hydrogen-bond donors (Lipinski definition) is 1. The number of anilines is 1. The van der Waals surface area contributed by atoms with Crippen molar-refractivity contribution in [2.24, 2.45) is 11.8 Å². The summed E-state index contributed by atoms with van der Waals surface area (Å²) in [6, 6.07) is 0. The molecule has 1 aromatic heterocycles. The molecule has 0 aliphatic heterocycles. The van der Waals surface area contributed by atoms with E-state index in [2.05, 4.69) is 22.2 Å². The van der Waals surface area contributed by atoms with Gasteiger partial charge in [0.1, 0.15) is 0 Å². The van der Waals surface area contributed by atoms with Crippen LogP contribution in [0.2, 0.25) is 0 Å². The molecule has 2 atom stereocenters. The first kappa shape index (κ1) is 11.2. The molecule has 2 rings (SSSR count). The van der Waals surface area contributed by atoms with Gasteiger partial charge in [0.25, 0.3) is 0 Å². The number of nitrogens with zero attached hydrogens (tertiary/aromatic N) is 2. The first-order chi connectivity index (χ1) is 7.78. The van der Waals surface area contributed by atoms with Crippen molar-refractivity contribution in [1.82, 2.24) is 9.97 Å². The predicted molar refractivity (Wildman–Crippen MR) is 63.6 cm³/mol. The zero-order chi connectivity index (χ0) is 11.4. The third kappa shape index (κ3) is 2.84. The molecule has 1 N–H and O–H groups in total. The Hall–Kier alpha value is -1.32. The van der Waals surface area contributed by atoms with E-state index in [0.717, 1.165) is 18.4 Å². The van der Waals surface area contributed by atoms with Gasteiger partial charge in [0.15, 0.2) is 5.75 Å². The smallest absolute Gasteiger partial charge is 0.222 e. The van der Waals surface area contributed by atoms with Crippen LogP contribution in [0.5, 0.6) is 5.75 Å². The Kier molecular flexibility index (Phi) is 3.59. The lowest BCUT2D eigenvalue weighted by Gasteiger charge is -2.10. The van der Waals surface area contributed by atoms with Crippen LogP contribution in [-0.2, 0) is 0 Å². The SMILES string of the molecule is COc1cnc(NCC2CCC(C)C2)nc1. The Morgan fingerprint density at radius 1 is 1.38 bits per heavy atom. The fourth-order valence-electron chi connectivity index (χ4n) is 2.26. The van der Waals surface area contributed by atoms with E-state index in [1.165, 1.54) is 19.3 Å². The Morgan fingerprint density at radius 3 is 2.69 bits per heavy atom.